The zero-order chi connectivity index (χ0) is 14.5. The van der Waals surface area contributed by atoms with E-state index >= 15 is 0 Å². The van der Waals surface area contributed by atoms with E-state index in [-0.39, 0.29) is 12.0 Å². The maximum absolute atomic E-state index is 12.1. The summed E-state index contributed by atoms with van der Waals surface area (Å²) in [5.41, 5.74) is 6.69. The summed E-state index contributed by atoms with van der Waals surface area (Å²) in [7, 11) is 1.55. The summed E-state index contributed by atoms with van der Waals surface area (Å²) in [6, 6.07) is 5.03. The second-order valence-corrected chi connectivity index (χ2v) is 5.35. The van der Waals surface area contributed by atoms with Gasteiger partial charge in [-0.1, -0.05) is 6.42 Å². The molecule has 5 heteroatoms. The Bertz CT molecular complexity index is 476. The summed E-state index contributed by atoms with van der Waals surface area (Å²) in [6.07, 6.45) is 3.46. The molecule has 110 valence electrons. The van der Waals surface area contributed by atoms with Gasteiger partial charge in [0.05, 0.1) is 18.8 Å². The number of carbonyl (C=O) groups excluding carboxylic acids is 1. The molecule has 0 aromatic heterocycles. The fourth-order valence-corrected chi connectivity index (χ4v) is 2.64. The average molecular weight is 278 g/mol. The van der Waals surface area contributed by atoms with Gasteiger partial charge in [-0.15, -0.1) is 0 Å². The molecule has 5 nitrogen and oxygen atoms in total. The number of carbonyl (C=O) groups is 1. The SMILES string of the molecule is COc1ccc(N)c(C(=O)NCC2CCCC(O)C2)c1. The average Bonchev–Trinajstić information content (AvgIpc) is 2.45. The van der Waals surface area contributed by atoms with E-state index in [2.05, 4.69) is 5.32 Å². The number of hydrogen-bond acceptors (Lipinski definition) is 4. The van der Waals surface area contributed by atoms with Gasteiger partial charge in [0.1, 0.15) is 5.75 Å². The van der Waals surface area contributed by atoms with E-state index in [4.69, 9.17) is 10.5 Å². The second kappa shape index (κ2) is 6.61. The second-order valence-electron chi connectivity index (χ2n) is 5.35. The summed E-state index contributed by atoms with van der Waals surface area (Å²) >= 11 is 0. The first kappa shape index (κ1) is 14.7. The summed E-state index contributed by atoms with van der Waals surface area (Å²) in [6.45, 7) is 0.576. The molecule has 0 bridgehead atoms. The predicted molar refractivity (Wildman–Crippen MR) is 77.7 cm³/mol. The minimum Gasteiger partial charge on any atom is -0.497 e. The summed E-state index contributed by atoms with van der Waals surface area (Å²) in [5.74, 6) is 0.758. The molecule has 1 saturated carbocycles. The van der Waals surface area contributed by atoms with E-state index in [0.717, 1.165) is 25.7 Å². The Morgan fingerprint density at radius 1 is 1.50 bits per heavy atom. The first-order valence-corrected chi connectivity index (χ1v) is 7.00. The summed E-state index contributed by atoms with van der Waals surface area (Å²) < 4.78 is 5.10. The lowest BCUT2D eigenvalue weighted by Crippen LogP contribution is -2.33. The van der Waals surface area contributed by atoms with Crippen LogP contribution in [-0.4, -0.2) is 30.8 Å². The normalized spacial score (nSPS) is 22.3. The van der Waals surface area contributed by atoms with Crippen molar-refractivity contribution in [2.24, 2.45) is 5.92 Å². The highest BCUT2D eigenvalue weighted by Crippen LogP contribution is 2.24. The Balaban J connectivity index is 1.94. The number of ether oxygens (including phenoxy) is 1. The molecule has 1 aromatic carbocycles. The maximum atomic E-state index is 12.1. The van der Waals surface area contributed by atoms with Crippen LogP contribution < -0.4 is 15.8 Å². The number of methoxy groups -OCH3 is 1. The fraction of sp³-hybridized carbons (Fsp3) is 0.533. The number of nitrogen functional groups attached to an aromatic ring is 1. The Hall–Kier alpha value is -1.75. The minimum atomic E-state index is -0.229. The van der Waals surface area contributed by atoms with Gasteiger partial charge in [-0.2, -0.15) is 0 Å². The number of rotatable bonds is 4. The molecule has 1 fully saturated rings. The van der Waals surface area contributed by atoms with Crippen molar-refractivity contribution in [1.29, 1.82) is 0 Å². The van der Waals surface area contributed by atoms with Crippen molar-refractivity contribution in [3.05, 3.63) is 23.8 Å². The Labute approximate surface area is 119 Å². The highest BCUT2D eigenvalue weighted by Gasteiger charge is 2.21. The third-order valence-electron chi connectivity index (χ3n) is 3.81. The van der Waals surface area contributed by atoms with Gasteiger partial charge < -0.3 is 20.9 Å². The molecule has 2 atom stereocenters. The van der Waals surface area contributed by atoms with Gasteiger partial charge in [-0.05, 0) is 43.4 Å². The molecule has 4 N–H and O–H groups in total. The van der Waals surface area contributed by atoms with Crippen LogP contribution in [0.15, 0.2) is 18.2 Å². The van der Waals surface area contributed by atoms with Gasteiger partial charge in [0.15, 0.2) is 0 Å². The molecule has 0 radical (unpaired) electrons. The number of nitrogens with one attached hydrogen (secondary N) is 1. The van der Waals surface area contributed by atoms with Gasteiger partial charge >= 0.3 is 0 Å². The highest BCUT2D eigenvalue weighted by atomic mass is 16.5. The van der Waals surface area contributed by atoms with Gasteiger partial charge in [-0.25, -0.2) is 0 Å². The van der Waals surface area contributed by atoms with Gasteiger partial charge in [-0.3, -0.25) is 4.79 Å². The number of anilines is 1. The highest BCUT2D eigenvalue weighted by molar-refractivity contribution is 5.99. The van der Waals surface area contributed by atoms with Crippen LogP contribution in [0.25, 0.3) is 0 Å². The van der Waals surface area contributed by atoms with Crippen molar-refractivity contribution in [1.82, 2.24) is 5.32 Å². The van der Waals surface area contributed by atoms with Crippen molar-refractivity contribution in [3.63, 3.8) is 0 Å². The lowest BCUT2D eigenvalue weighted by molar-refractivity contribution is 0.0874. The number of hydrogen-bond donors (Lipinski definition) is 3. The number of aliphatic hydroxyl groups excluding tert-OH is 1. The zero-order valence-corrected chi connectivity index (χ0v) is 11.8. The smallest absolute Gasteiger partial charge is 0.253 e. The molecule has 0 spiro atoms. The molecule has 2 unspecified atom stereocenters. The fourth-order valence-electron chi connectivity index (χ4n) is 2.64. The molecule has 1 aliphatic carbocycles. The largest absolute Gasteiger partial charge is 0.497 e. The van der Waals surface area contributed by atoms with Crippen LogP contribution in [0.5, 0.6) is 5.75 Å². The van der Waals surface area contributed by atoms with Crippen molar-refractivity contribution < 1.29 is 14.6 Å². The van der Waals surface area contributed by atoms with Crippen LogP contribution in [-0.2, 0) is 0 Å². The van der Waals surface area contributed by atoms with Crippen LogP contribution in [0.4, 0.5) is 5.69 Å². The molecule has 1 amide bonds. The minimum absolute atomic E-state index is 0.193. The molecule has 0 heterocycles. The Morgan fingerprint density at radius 3 is 3.00 bits per heavy atom. The number of aliphatic hydroxyl groups is 1. The van der Waals surface area contributed by atoms with E-state index in [0.29, 0.717) is 29.5 Å². The third kappa shape index (κ3) is 3.63. The first-order valence-electron chi connectivity index (χ1n) is 7.00. The van der Waals surface area contributed by atoms with Gasteiger partial charge in [0, 0.05) is 12.2 Å². The summed E-state index contributed by atoms with van der Waals surface area (Å²) in [5, 5.41) is 12.5. The van der Waals surface area contributed by atoms with E-state index in [9.17, 15) is 9.90 Å². The van der Waals surface area contributed by atoms with Gasteiger partial charge in [0.2, 0.25) is 0 Å². The third-order valence-corrected chi connectivity index (χ3v) is 3.81. The van der Waals surface area contributed by atoms with Crippen LogP contribution in [0.2, 0.25) is 0 Å². The van der Waals surface area contributed by atoms with Crippen LogP contribution in [0.1, 0.15) is 36.0 Å². The number of nitrogens with two attached hydrogens (primary N) is 1. The maximum Gasteiger partial charge on any atom is 0.253 e. The zero-order valence-electron chi connectivity index (χ0n) is 11.8. The lowest BCUT2D eigenvalue weighted by Gasteiger charge is -2.26. The van der Waals surface area contributed by atoms with Crippen LogP contribution in [0, 0.1) is 5.92 Å². The number of amides is 1. The molecule has 0 saturated heterocycles. The van der Waals surface area contributed by atoms with E-state index in [1.807, 2.05) is 0 Å². The van der Waals surface area contributed by atoms with E-state index < -0.39 is 0 Å². The standard InChI is InChI=1S/C15H22N2O3/c1-20-12-5-6-14(16)13(8-12)15(19)17-9-10-3-2-4-11(18)7-10/h5-6,8,10-11,18H,2-4,7,9,16H2,1H3,(H,17,19). The first-order chi connectivity index (χ1) is 9.60. The van der Waals surface area contributed by atoms with Crippen molar-refractivity contribution >= 4 is 11.6 Å². The molecule has 1 aromatic rings. The molecule has 2 rings (SSSR count). The van der Waals surface area contributed by atoms with E-state index in [1.165, 1.54) is 0 Å². The molecule has 20 heavy (non-hydrogen) atoms. The van der Waals surface area contributed by atoms with Gasteiger partial charge in [0.25, 0.3) is 5.91 Å². The monoisotopic (exact) mass is 278 g/mol. The molecular formula is C15H22N2O3. The Morgan fingerprint density at radius 2 is 2.30 bits per heavy atom. The quantitative estimate of drug-likeness (QED) is 0.730. The van der Waals surface area contributed by atoms with Crippen LogP contribution >= 0.6 is 0 Å². The number of benzene rings is 1. The van der Waals surface area contributed by atoms with Crippen molar-refractivity contribution in [3.8, 4) is 5.75 Å². The Kier molecular flexibility index (Phi) is 4.84. The van der Waals surface area contributed by atoms with Crippen molar-refractivity contribution in [2.75, 3.05) is 19.4 Å². The predicted octanol–water partition coefficient (Wildman–Crippen LogP) is 1.56. The van der Waals surface area contributed by atoms with Crippen molar-refractivity contribution in [2.45, 2.75) is 31.8 Å². The topological polar surface area (TPSA) is 84.6 Å². The molecular weight excluding hydrogens is 256 g/mol. The van der Waals surface area contributed by atoms with Crippen LogP contribution in [0.3, 0.4) is 0 Å². The van der Waals surface area contributed by atoms with E-state index in [1.54, 1.807) is 25.3 Å². The summed E-state index contributed by atoms with van der Waals surface area (Å²) in [4.78, 5) is 12.1. The molecule has 0 aliphatic heterocycles. The molecule has 1 aliphatic rings. The lowest BCUT2D eigenvalue weighted by atomic mass is 9.87.